The Morgan fingerprint density at radius 2 is 1.06 bits per heavy atom. The van der Waals surface area contributed by atoms with Gasteiger partial charge < -0.3 is 24.3 Å². The second-order valence-corrected chi connectivity index (χ2v) is 25.9. The minimum absolute atomic E-state index is 0.00786. The van der Waals surface area contributed by atoms with Crippen LogP contribution < -0.4 is 29.3 Å². The molecule has 0 spiro atoms. The molecule has 0 aliphatic carbocycles. The number of ether oxygens (including phenoxy) is 4. The fraction of sp³-hybridized carbons (Fsp3) is 0.324. The second-order valence-electron chi connectivity index (χ2n) is 22.4. The number of halogens is 4. The van der Waals surface area contributed by atoms with E-state index in [0.717, 1.165) is 53.0 Å². The minimum atomic E-state index is -3.83. The first-order chi connectivity index (χ1) is 44.5. The standard InChI is InChI=1S/C35H41Cl2N3O8S.C33H29Cl2N3O6/c1-3-4-5-6-7-8-9-10-11-15-20-49(45,46)38-28-22-30(27(37)21-26(28)36)39-34(41)33(48-35(39)42)32-24(2)29(40(43)44)18-19-31(32)47-23-25-16-13-12-14-17-25;1-19-10-13-29(20(2)16-19)43-15-7-14-36-26-18-28(25(35)17-24(26)34)37-32(39)31(44-33(37)40)30-21(3)27(38(41)42)12-11-23(30)22-8-5-4-6-9-22/h12-14,16-19,21-22,33,38H,3-11,15,20,23H2,1-2H3;4-6,8-13,16-18,31,36H,7,14-15H2,1-3H3. The summed E-state index contributed by atoms with van der Waals surface area (Å²) in [6.07, 6.45) is 6.05. The largest absolute Gasteiger partial charge is 0.493 e. The maximum absolute atomic E-state index is 13.8. The van der Waals surface area contributed by atoms with Crippen LogP contribution in [0.2, 0.25) is 20.1 Å². The molecule has 490 valence electrons. The number of rotatable bonds is 29. The van der Waals surface area contributed by atoms with Gasteiger partial charge in [-0.3, -0.25) is 34.5 Å². The molecule has 2 aliphatic rings. The summed E-state index contributed by atoms with van der Waals surface area (Å²) in [7, 11) is -3.83. The number of carbonyl (C=O) groups is 4. The van der Waals surface area contributed by atoms with E-state index in [1.807, 2.05) is 86.6 Å². The molecule has 2 aliphatic heterocycles. The number of nitro groups is 2. The van der Waals surface area contributed by atoms with Gasteiger partial charge in [0.05, 0.1) is 70.6 Å². The van der Waals surface area contributed by atoms with Gasteiger partial charge in [-0.2, -0.15) is 0 Å². The molecular formula is C68H70Cl4N6O14S. The molecule has 2 N–H and O–H groups in total. The Labute approximate surface area is 559 Å². The van der Waals surface area contributed by atoms with E-state index in [1.165, 1.54) is 88.4 Å². The lowest BCUT2D eigenvalue weighted by Gasteiger charge is -2.18. The lowest BCUT2D eigenvalue weighted by molar-refractivity contribution is -0.385. The van der Waals surface area contributed by atoms with Gasteiger partial charge in [-0.05, 0) is 105 Å². The number of imide groups is 2. The number of anilines is 4. The molecule has 2 unspecified atom stereocenters. The first kappa shape index (κ1) is 70.4. The van der Waals surface area contributed by atoms with Crippen LogP contribution in [-0.2, 0) is 35.7 Å². The second kappa shape index (κ2) is 32.4. The number of hydrogen-bond acceptors (Lipinski definition) is 15. The predicted molar refractivity (Wildman–Crippen MR) is 362 cm³/mol. The van der Waals surface area contributed by atoms with Crippen LogP contribution in [0.1, 0.15) is 129 Å². The molecule has 2 atom stereocenters. The molecule has 0 bridgehead atoms. The van der Waals surface area contributed by atoms with E-state index < -0.39 is 56.1 Å². The zero-order valence-corrected chi connectivity index (χ0v) is 55.7. The highest BCUT2D eigenvalue weighted by atomic mass is 35.5. The highest BCUT2D eigenvalue weighted by Gasteiger charge is 2.48. The van der Waals surface area contributed by atoms with Crippen molar-refractivity contribution < 1.29 is 56.4 Å². The van der Waals surface area contributed by atoms with Crippen molar-refractivity contribution >= 4 is 115 Å². The first-order valence-electron chi connectivity index (χ1n) is 30.3. The number of cyclic esters (lactones) is 2. The molecule has 0 saturated carbocycles. The molecule has 7 aromatic carbocycles. The number of nitrogens with one attached hydrogen (secondary N) is 2. The number of hydrogen-bond donors (Lipinski definition) is 2. The summed E-state index contributed by atoms with van der Waals surface area (Å²) in [4.78, 5) is 78.0. The number of aryl methyl sites for hydroxylation is 2. The molecule has 7 aromatic rings. The normalized spacial score (nSPS) is 14.5. The highest BCUT2D eigenvalue weighted by Crippen LogP contribution is 2.46. The molecule has 0 aromatic heterocycles. The number of benzene rings is 7. The van der Waals surface area contributed by atoms with Crippen LogP contribution in [-0.4, -0.2) is 61.2 Å². The van der Waals surface area contributed by atoms with E-state index in [-0.39, 0.29) is 83.9 Å². The van der Waals surface area contributed by atoms with E-state index in [0.29, 0.717) is 52.7 Å². The average Bonchev–Trinajstić information content (AvgIpc) is 1.66. The summed E-state index contributed by atoms with van der Waals surface area (Å²) in [6.45, 7) is 10.2. The number of amides is 4. The summed E-state index contributed by atoms with van der Waals surface area (Å²) in [5, 5.41) is 27.0. The van der Waals surface area contributed by atoms with E-state index in [4.69, 9.17) is 65.4 Å². The zero-order chi connectivity index (χ0) is 67.1. The molecule has 2 heterocycles. The first-order valence-corrected chi connectivity index (χ1v) is 33.5. The van der Waals surface area contributed by atoms with Crippen LogP contribution in [0.3, 0.4) is 0 Å². The SMILES string of the molecule is CCCCCCCCCCCCS(=O)(=O)Nc1cc(N2C(=O)OC(c3c(OCc4ccccc4)ccc([N+](=O)[O-])c3C)C2=O)c(Cl)cc1Cl.Cc1ccc(OCCCNc2cc(N3C(=O)OC(c4c(-c5ccccc5)ccc([N+](=O)[O-])c4C)C3=O)c(Cl)cc2Cl)c(C)c1. The zero-order valence-electron chi connectivity index (χ0n) is 51.8. The summed E-state index contributed by atoms with van der Waals surface area (Å²) in [5.41, 5.74) is 4.60. The van der Waals surface area contributed by atoms with Gasteiger partial charge >= 0.3 is 12.2 Å². The minimum Gasteiger partial charge on any atom is -0.493 e. The third kappa shape index (κ3) is 17.6. The molecule has 20 nitrogen and oxygen atoms in total. The maximum atomic E-state index is 13.8. The Hall–Kier alpha value is -8.47. The molecular weight excluding hydrogens is 1300 g/mol. The number of unbranched alkanes of at least 4 members (excludes halogenated alkanes) is 9. The van der Waals surface area contributed by atoms with Crippen LogP contribution in [0.5, 0.6) is 11.5 Å². The molecule has 25 heteroatoms. The summed E-state index contributed by atoms with van der Waals surface area (Å²) < 4.78 is 51.3. The summed E-state index contributed by atoms with van der Waals surface area (Å²) >= 11 is 25.7. The van der Waals surface area contributed by atoms with Crippen LogP contribution >= 0.6 is 46.4 Å². The van der Waals surface area contributed by atoms with Gasteiger partial charge in [-0.1, -0.05) is 189 Å². The van der Waals surface area contributed by atoms with Gasteiger partial charge in [0.25, 0.3) is 23.2 Å². The molecule has 2 fully saturated rings. The van der Waals surface area contributed by atoms with Crippen molar-refractivity contribution in [2.75, 3.05) is 38.7 Å². The Bertz CT molecular complexity index is 4030. The lowest BCUT2D eigenvalue weighted by Crippen LogP contribution is -2.30. The fourth-order valence-corrected chi connectivity index (χ4v) is 13.2. The van der Waals surface area contributed by atoms with Crippen LogP contribution in [0, 0.1) is 47.9 Å². The number of nitro benzene ring substituents is 2. The quantitative estimate of drug-likeness (QED) is 0.0251. The molecule has 4 amide bonds. The van der Waals surface area contributed by atoms with Gasteiger partial charge in [0.1, 0.15) is 18.1 Å². The summed E-state index contributed by atoms with van der Waals surface area (Å²) in [5.74, 6) is -0.836. The van der Waals surface area contributed by atoms with Crippen LogP contribution in [0.15, 0.2) is 127 Å². The van der Waals surface area contributed by atoms with E-state index in [9.17, 15) is 47.8 Å². The number of carbonyl (C=O) groups excluding carboxylic acids is 4. The van der Waals surface area contributed by atoms with Crippen molar-refractivity contribution in [3.8, 4) is 22.6 Å². The third-order valence-electron chi connectivity index (χ3n) is 15.7. The van der Waals surface area contributed by atoms with Crippen molar-refractivity contribution in [3.63, 3.8) is 0 Å². The van der Waals surface area contributed by atoms with E-state index in [1.54, 1.807) is 6.07 Å². The van der Waals surface area contributed by atoms with Gasteiger partial charge in [0.2, 0.25) is 22.2 Å². The van der Waals surface area contributed by atoms with Crippen LogP contribution in [0.25, 0.3) is 11.1 Å². The Morgan fingerprint density at radius 3 is 1.63 bits per heavy atom. The van der Waals surface area contributed by atoms with Gasteiger partial charge in [0.15, 0.2) is 0 Å². The van der Waals surface area contributed by atoms with Crippen molar-refractivity contribution in [1.82, 2.24) is 0 Å². The van der Waals surface area contributed by atoms with E-state index >= 15 is 0 Å². The van der Waals surface area contributed by atoms with Crippen molar-refractivity contribution in [3.05, 3.63) is 207 Å². The van der Waals surface area contributed by atoms with Crippen molar-refractivity contribution in [1.29, 1.82) is 0 Å². The highest BCUT2D eigenvalue weighted by molar-refractivity contribution is 7.92. The lowest BCUT2D eigenvalue weighted by atomic mass is 9.91. The van der Waals surface area contributed by atoms with Crippen molar-refractivity contribution in [2.45, 2.75) is 124 Å². The Morgan fingerprint density at radius 1 is 0.559 bits per heavy atom. The van der Waals surface area contributed by atoms with Gasteiger partial charge in [0, 0.05) is 35.4 Å². The monoisotopic (exact) mass is 1370 g/mol. The van der Waals surface area contributed by atoms with Gasteiger partial charge in [-0.15, -0.1) is 0 Å². The Balaban J connectivity index is 0.000000240. The number of sulfonamides is 1. The molecule has 93 heavy (non-hydrogen) atoms. The Kier molecular flexibility index (Phi) is 24.5. The van der Waals surface area contributed by atoms with Crippen LogP contribution in [0.4, 0.5) is 43.7 Å². The van der Waals surface area contributed by atoms with E-state index in [2.05, 4.69) is 23.0 Å². The molecule has 2 saturated heterocycles. The number of nitrogens with zero attached hydrogens (tertiary/aromatic N) is 4. The topological polar surface area (TPSA) is 256 Å². The third-order valence-corrected chi connectivity index (χ3v) is 18.3. The summed E-state index contributed by atoms with van der Waals surface area (Å²) in [6, 6.07) is 35.1. The average molecular weight is 1370 g/mol. The van der Waals surface area contributed by atoms with Crippen molar-refractivity contribution in [2.24, 2.45) is 0 Å². The maximum Gasteiger partial charge on any atom is 0.422 e. The smallest absolute Gasteiger partial charge is 0.422 e. The fourth-order valence-electron chi connectivity index (χ4n) is 10.9. The molecule has 0 radical (unpaired) electrons. The van der Waals surface area contributed by atoms with Gasteiger partial charge in [-0.25, -0.2) is 27.8 Å². The predicted octanol–water partition coefficient (Wildman–Crippen LogP) is 18.3. The molecule has 9 rings (SSSR count).